The van der Waals surface area contributed by atoms with Gasteiger partial charge < -0.3 is 16.4 Å². The van der Waals surface area contributed by atoms with Crippen molar-refractivity contribution >= 4 is 0 Å². The summed E-state index contributed by atoms with van der Waals surface area (Å²) < 4.78 is 0. The predicted octanol–water partition coefficient (Wildman–Crippen LogP) is 1.88. The Kier molecular flexibility index (Phi) is 5.77. The summed E-state index contributed by atoms with van der Waals surface area (Å²) in [5.74, 6) is 0. The van der Waals surface area contributed by atoms with E-state index in [0.717, 1.165) is 51.7 Å². The number of aromatic nitrogens is 1. The third kappa shape index (κ3) is 3.46. The number of hydrogen-bond acceptors (Lipinski definition) is 5. The topological polar surface area (TPSA) is 71.4 Å². The number of nitrogens with two attached hydrogens (primary N) is 2. The molecule has 0 unspecified atom stereocenters. The molecule has 25 heavy (non-hydrogen) atoms. The highest BCUT2D eigenvalue weighted by Crippen LogP contribution is 2.40. The van der Waals surface area contributed by atoms with E-state index in [0.29, 0.717) is 13.1 Å². The lowest BCUT2D eigenvalue weighted by Crippen LogP contribution is -2.65. The van der Waals surface area contributed by atoms with Crippen LogP contribution in [0.4, 0.5) is 0 Å². The summed E-state index contributed by atoms with van der Waals surface area (Å²) in [5, 5.41) is 0. The van der Waals surface area contributed by atoms with Crippen molar-refractivity contribution in [1.82, 2.24) is 14.8 Å². The molecule has 0 atom stereocenters. The molecule has 0 aliphatic carbocycles. The molecule has 0 saturated carbocycles. The molecule has 0 amide bonds. The van der Waals surface area contributed by atoms with Gasteiger partial charge in [0.05, 0.1) is 5.66 Å². The minimum absolute atomic E-state index is 0.00690. The Hall–Kier alpha value is -1.43. The minimum Gasteiger partial charge on any atom is -0.355 e. The summed E-state index contributed by atoms with van der Waals surface area (Å²) >= 11 is 0. The second-order valence-electron chi connectivity index (χ2n) is 7.30. The highest BCUT2D eigenvalue weighted by Gasteiger charge is 2.45. The molecule has 3 heterocycles. The van der Waals surface area contributed by atoms with E-state index in [2.05, 4.69) is 41.8 Å². The monoisotopic (exact) mass is 343 g/mol. The zero-order chi connectivity index (χ0) is 17.9. The van der Waals surface area contributed by atoms with Gasteiger partial charge in [-0.1, -0.05) is 13.0 Å². The smallest absolute Gasteiger partial charge is 0.0941 e. The summed E-state index contributed by atoms with van der Waals surface area (Å²) in [6.07, 6.45) is 5.26. The second kappa shape index (κ2) is 7.85. The SMILES string of the molecule is CCC1=C(C)N(CCN)C2(CCc3cccc(n3)CC2)N(CCN)C1. The average molecular weight is 344 g/mol. The first-order valence-electron chi connectivity index (χ1n) is 9.71. The first kappa shape index (κ1) is 18.4. The Morgan fingerprint density at radius 3 is 2.28 bits per heavy atom. The van der Waals surface area contributed by atoms with Gasteiger partial charge in [-0.15, -0.1) is 0 Å². The van der Waals surface area contributed by atoms with Gasteiger partial charge >= 0.3 is 0 Å². The fourth-order valence-corrected chi connectivity index (χ4v) is 4.66. The van der Waals surface area contributed by atoms with Crippen LogP contribution in [-0.2, 0) is 12.8 Å². The van der Waals surface area contributed by atoms with Crippen LogP contribution in [0.25, 0.3) is 0 Å². The van der Waals surface area contributed by atoms with Crippen LogP contribution in [0.2, 0.25) is 0 Å². The summed E-state index contributed by atoms with van der Waals surface area (Å²) in [4.78, 5) is 10.0. The van der Waals surface area contributed by atoms with Crippen molar-refractivity contribution in [2.75, 3.05) is 32.7 Å². The third-order valence-electron chi connectivity index (χ3n) is 6.00. The molecule has 1 spiro atoms. The summed E-state index contributed by atoms with van der Waals surface area (Å²) in [6, 6.07) is 6.46. The number of pyridine rings is 1. The van der Waals surface area contributed by atoms with Gasteiger partial charge in [-0.05, 0) is 56.7 Å². The maximum Gasteiger partial charge on any atom is 0.0941 e. The zero-order valence-corrected chi connectivity index (χ0v) is 15.8. The van der Waals surface area contributed by atoms with E-state index < -0.39 is 0 Å². The molecule has 0 fully saturated rings. The standard InChI is InChI=1S/C20H33N5/c1-3-17-15-24(13-11-21)20(25(14-12-22)16(17)2)9-7-18-5-4-6-19(23-18)8-10-20/h4-6H,3,7-15,21-22H2,1-2H3. The van der Waals surface area contributed by atoms with Crippen molar-refractivity contribution in [2.45, 2.75) is 51.6 Å². The molecule has 5 nitrogen and oxygen atoms in total. The fraction of sp³-hybridized carbons (Fsp3) is 0.650. The highest BCUT2D eigenvalue weighted by atomic mass is 15.4. The van der Waals surface area contributed by atoms with Crippen LogP contribution in [0.5, 0.6) is 0 Å². The maximum atomic E-state index is 6.03. The van der Waals surface area contributed by atoms with Crippen LogP contribution in [0.1, 0.15) is 44.5 Å². The molecule has 5 heteroatoms. The third-order valence-corrected chi connectivity index (χ3v) is 6.00. The Morgan fingerprint density at radius 2 is 1.72 bits per heavy atom. The maximum absolute atomic E-state index is 6.03. The van der Waals surface area contributed by atoms with E-state index in [9.17, 15) is 0 Å². The van der Waals surface area contributed by atoms with Gasteiger partial charge in [0.1, 0.15) is 0 Å². The Morgan fingerprint density at radius 1 is 1.08 bits per heavy atom. The number of allylic oxidation sites excluding steroid dienone is 1. The summed E-state index contributed by atoms with van der Waals surface area (Å²) in [7, 11) is 0. The molecule has 0 saturated heterocycles. The number of fused-ring (bicyclic) bond motifs is 2. The molecule has 4 N–H and O–H groups in total. The predicted molar refractivity (Wildman–Crippen MR) is 103 cm³/mol. The molecule has 2 aliphatic heterocycles. The molecule has 2 bridgehead atoms. The van der Waals surface area contributed by atoms with Gasteiger partial charge in [0, 0.05) is 49.8 Å². The van der Waals surface area contributed by atoms with Crippen molar-refractivity contribution in [3.05, 3.63) is 40.9 Å². The van der Waals surface area contributed by atoms with E-state index in [1.165, 1.54) is 22.7 Å². The molecule has 2 aliphatic rings. The normalized spacial score (nSPS) is 20.7. The number of nitrogens with zero attached hydrogens (tertiary/aromatic N) is 3. The van der Waals surface area contributed by atoms with Crippen molar-refractivity contribution in [1.29, 1.82) is 0 Å². The van der Waals surface area contributed by atoms with Crippen molar-refractivity contribution in [2.24, 2.45) is 11.5 Å². The van der Waals surface area contributed by atoms with Crippen LogP contribution in [-0.4, -0.2) is 53.2 Å². The van der Waals surface area contributed by atoms with E-state index in [1.807, 2.05) is 0 Å². The van der Waals surface area contributed by atoms with Gasteiger partial charge in [-0.25, -0.2) is 0 Å². The molecular formula is C20H33N5. The Balaban J connectivity index is 2.02. The molecule has 1 aromatic rings. The number of aryl methyl sites for hydroxylation is 2. The number of hydrogen-bond donors (Lipinski definition) is 2. The largest absolute Gasteiger partial charge is 0.355 e. The van der Waals surface area contributed by atoms with E-state index >= 15 is 0 Å². The van der Waals surface area contributed by atoms with Gasteiger partial charge in [-0.3, -0.25) is 9.88 Å². The van der Waals surface area contributed by atoms with Crippen LogP contribution >= 0.6 is 0 Å². The van der Waals surface area contributed by atoms with E-state index in [-0.39, 0.29) is 5.66 Å². The molecule has 138 valence electrons. The molecule has 1 aromatic heterocycles. The molecule has 3 rings (SSSR count). The molecular weight excluding hydrogens is 310 g/mol. The van der Waals surface area contributed by atoms with E-state index in [1.54, 1.807) is 0 Å². The average Bonchev–Trinajstić information content (AvgIpc) is 2.62. The van der Waals surface area contributed by atoms with Crippen molar-refractivity contribution in [3.8, 4) is 0 Å². The first-order chi connectivity index (χ1) is 12.1. The van der Waals surface area contributed by atoms with E-state index in [4.69, 9.17) is 16.5 Å². The van der Waals surface area contributed by atoms with Gasteiger partial charge in [0.15, 0.2) is 0 Å². The highest BCUT2D eigenvalue weighted by molar-refractivity contribution is 5.23. The van der Waals surface area contributed by atoms with Crippen molar-refractivity contribution < 1.29 is 0 Å². The van der Waals surface area contributed by atoms with Crippen LogP contribution in [0.3, 0.4) is 0 Å². The lowest BCUT2D eigenvalue weighted by atomic mass is 9.86. The van der Waals surface area contributed by atoms with Crippen molar-refractivity contribution in [3.63, 3.8) is 0 Å². The minimum atomic E-state index is 0.00690. The van der Waals surface area contributed by atoms with Gasteiger partial charge in [0.2, 0.25) is 0 Å². The Bertz CT molecular complexity index is 601. The summed E-state index contributed by atoms with van der Waals surface area (Å²) in [5.41, 5.74) is 17.4. The molecule has 0 radical (unpaired) electrons. The second-order valence-corrected chi connectivity index (χ2v) is 7.30. The lowest BCUT2D eigenvalue weighted by molar-refractivity contribution is -0.0608. The van der Waals surface area contributed by atoms with Gasteiger partial charge in [0.25, 0.3) is 0 Å². The first-order valence-corrected chi connectivity index (χ1v) is 9.71. The fourth-order valence-electron chi connectivity index (χ4n) is 4.66. The summed E-state index contributed by atoms with van der Waals surface area (Å²) in [6.45, 7) is 8.77. The van der Waals surface area contributed by atoms with Gasteiger partial charge in [-0.2, -0.15) is 0 Å². The quantitative estimate of drug-likeness (QED) is 0.854. The number of rotatable bonds is 5. The molecule has 0 aromatic carbocycles. The zero-order valence-electron chi connectivity index (χ0n) is 15.8. The lowest BCUT2D eigenvalue weighted by Gasteiger charge is -2.57. The van der Waals surface area contributed by atoms with Crippen LogP contribution in [0.15, 0.2) is 29.5 Å². The van der Waals surface area contributed by atoms with Crippen LogP contribution in [0, 0.1) is 0 Å². The van der Waals surface area contributed by atoms with Crippen LogP contribution < -0.4 is 11.5 Å². The Labute approximate surface area is 152 Å².